The van der Waals surface area contributed by atoms with Gasteiger partial charge < -0.3 is 10.2 Å². The van der Waals surface area contributed by atoms with Crippen molar-refractivity contribution in [1.29, 1.82) is 0 Å². The van der Waals surface area contributed by atoms with Gasteiger partial charge in [0.05, 0.1) is 11.3 Å². The van der Waals surface area contributed by atoms with Gasteiger partial charge in [0.15, 0.2) is 0 Å². The maximum atomic E-state index is 13.8. The highest BCUT2D eigenvalue weighted by molar-refractivity contribution is 5.99. The van der Waals surface area contributed by atoms with Crippen molar-refractivity contribution in [2.75, 3.05) is 25.5 Å². The van der Waals surface area contributed by atoms with Crippen LogP contribution >= 0.6 is 0 Å². The highest BCUT2D eigenvalue weighted by Gasteiger charge is 2.34. The Morgan fingerprint density at radius 3 is 2.79 bits per heavy atom. The van der Waals surface area contributed by atoms with Gasteiger partial charge in [-0.3, -0.25) is 4.79 Å². The first-order chi connectivity index (χ1) is 9.04. The van der Waals surface area contributed by atoms with E-state index in [0.29, 0.717) is 29.6 Å². The van der Waals surface area contributed by atoms with Crippen LogP contribution in [0.5, 0.6) is 0 Å². The number of nitrogens with zero attached hydrogens (tertiary/aromatic N) is 1. The van der Waals surface area contributed by atoms with Crippen LogP contribution in [-0.4, -0.2) is 30.9 Å². The van der Waals surface area contributed by atoms with Gasteiger partial charge in [-0.2, -0.15) is 0 Å². The third kappa shape index (κ3) is 3.06. The standard InChI is InChI=1S/C15H21FN2O/c1-4-17-14-12(6-5-7-13(14)16)15(19)18(3)9-11-8-10(11)2/h5-7,10-11,17H,4,8-9H2,1-3H3. The average Bonchev–Trinajstić information content (AvgIpc) is 3.06. The quantitative estimate of drug-likeness (QED) is 0.886. The molecule has 104 valence electrons. The monoisotopic (exact) mass is 264 g/mol. The molecule has 1 fully saturated rings. The van der Waals surface area contributed by atoms with E-state index in [1.807, 2.05) is 6.92 Å². The van der Waals surface area contributed by atoms with Crippen LogP contribution in [0.3, 0.4) is 0 Å². The second-order valence-corrected chi connectivity index (χ2v) is 5.35. The van der Waals surface area contributed by atoms with Gasteiger partial charge in [0.1, 0.15) is 5.82 Å². The van der Waals surface area contributed by atoms with Crippen LogP contribution in [0.15, 0.2) is 18.2 Å². The fourth-order valence-electron chi connectivity index (χ4n) is 2.35. The van der Waals surface area contributed by atoms with Gasteiger partial charge in [0.2, 0.25) is 0 Å². The first-order valence-electron chi connectivity index (χ1n) is 6.82. The Bertz CT molecular complexity index is 475. The fraction of sp³-hybridized carbons (Fsp3) is 0.533. The third-order valence-corrected chi connectivity index (χ3v) is 3.73. The molecule has 1 N–H and O–H groups in total. The summed E-state index contributed by atoms with van der Waals surface area (Å²) in [6, 6.07) is 4.63. The minimum atomic E-state index is -0.374. The molecule has 3 nitrogen and oxygen atoms in total. The van der Waals surface area contributed by atoms with Gasteiger partial charge in [-0.15, -0.1) is 0 Å². The summed E-state index contributed by atoms with van der Waals surface area (Å²) < 4.78 is 13.8. The van der Waals surface area contributed by atoms with Crippen molar-refractivity contribution in [2.45, 2.75) is 20.3 Å². The van der Waals surface area contributed by atoms with Crippen LogP contribution in [0.4, 0.5) is 10.1 Å². The molecular formula is C15H21FN2O. The number of para-hydroxylation sites is 1. The SMILES string of the molecule is CCNc1c(F)cccc1C(=O)N(C)CC1CC1C. The number of amides is 1. The van der Waals surface area contributed by atoms with Crippen molar-refractivity contribution < 1.29 is 9.18 Å². The van der Waals surface area contributed by atoms with Gasteiger partial charge in [0, 0.05) is 20.1 Å². The predicted octanol–water partition coefficient (Wildman–Crippen LogP) is 2.99. The normalized spacial score (nSPS) is 21.1. The van der Waals surface area contributed by atoms with Crippen molar-refractivity contribution in [1.82, 2.24) is 4.90 Å². The minimum absolute atomic E-state index is 0.116. The van der Waals surface area contributed by atoms with Crippen molar-refractivity contribution in [3.63, 3.8) is 0 Å². The Balaban J connectivity index is 2.15. The molecule has 1 aromatic rings. The summed E-state index contributed by atoms with van der Waals surface area (Å²) in [7, 11) is 1.79. The van der Waals surface area contributed by atoms with E-state index in [0.717, 1.165) is 6.54 Å². The van der Waals surface area contributed by atoms with Gasteiger partial charge in [-0.05, 0) is 37.3 Å². The summed E-state index contributed by atoms with van der Waals surface area (Å²) in [5.41, 5.74) is 0.725. The van der Waals surface area contributed by atoms with Crippen LogP contribution in [0.25, 0.3) is 0 Å². The largest absolute Gasteiger partial charge is 0.382 e. The van der Waals surface area contributed by atoms with E-state index in [-0.39, 0.29) is 11.7 Å². The number of hydrogen-bond acceptors (Lipinski definition) is 2. The molecule has 0 aliphatic heterocycles. The molecule has 0 radical (unpaired) electrons. The second-order valence-electron chi connectivity index (χ2n) is 5.35. The second kappa shape index (κ2) is 5.59. The highest BCUT2D eigenvalue weighted by Crippen LogP contribution is 2.38. The predicted molar refractivity (Wildman–Crippen MR) is 74.8 cm³/mol. The summed E-state index contributed by atoms with van der Waals surface area (Å²) in [6.45, 7) is 5.41. The van der Waals surface area contributed by atoms with Crippen LogP contribution in [0.2, 0.25) is 0 Å². The molecule has 1 amide bonds. The van der Waals surface area contributed by atoms with E-state index in [2.05, 4.69) is 12.2 Å². The number of nitrogens with one attached hydrogen (secondary N) is 1. The zero-order chi connectivity index (χ0) is 14.0. The smallest absolute Gasteiger partial charge is 0.255 e. The third-order valence-electron chi connectivity index (χ3n) is 3.73. The molecule has 4 heteroatoms. The fourth-order valence-corrected chi connectivity index (χ4v) is 2.35. The molecule has 0 heterocycles. The molecule has 0 saturated heterocycles. The average molecular weight is 264 g/mol. The number of hydrogen-bond donors (Lipinski definition) is 1. The van der Waals surface area contributed by atoms with Crippen molar-refractivity contribution in [3.8, 4) is 0 Å². The van der Waals surface area contributed by atoms with E-state index in [4.69, 9.17) is 0 Å². The van der Waals surface area contributed by atoms with Gasteiger partial charge >= 0.3 is 0 Å². The Morgan fingerprint density at radius 2 is 2.21 bits per heavy atom. The molecule has 2 atom stereocenters. The number of rotatable bonds is 5. The van der Waals surface area contributed by atoms with E-state index in [9.17, 15) is 9.18 Å². The number of benzene rings is 1. The molecule has 1 aliphatic rings. The first-order valence-corrected chi connectivity index (χ1v) is 6.82. The number of carbonyl (C=O) groups is 1. The number of halogens is 1. The van der Waals surface area contributed by atoms with E-state index < -0.39 is 0 Å². The topological polar surface area (TPSA) is 32.3 Å². The number of anilines is 1. The first kappa shape index (κ1) is 13.8. The molecule has 2 unspecified atom stereocenters. The summed E-state index contributed by atoms with van der Waals surface area (Å²) >= 11 is 0. The zero-order valence-corrected chi connectivity index (χ0v) is 11.7. The molecule has 1 aromatic carbocycles. The van der Waals surface area contributed by atoms with Crippen molar-refractivity contribution in [3.05, 3.63) is 29.6 Å². The zero-order valence-electron chi connectivity index (χ0n) is 11.7. The maximum absolute atomic E-state index is 13.8. The van der Waals surface area contributed by atoms with Crippen LogP contribution in [0.1, 0.15) is 30.6 Å². The Labute approximate surface area is 113 Å². The van der Waals surface area contributed by atoms with Gasteiger partial charge in [0.25, 0.3) is 5.91 Å². The lowest BCUT2D eigenvalue weighted by molar-refractivity contribution is 0.0787. The molecule has 1 aliphatic carbocycles. The Morgan fingerprint density at radius 1 is 1.53 bits per heavy atom. The lowest BCUT2D eigenvalue weighted by atomic mass is 10.1. The highest BCUT2D eigenvalue weighted by atomic mass is 19.1. The van der Waals surface area contributed by atoms with Crippen molar-refractivity contribution in [2.24, 2.45) is 11.8 Å². The summed E-state index contributed by atoms with van der Waals surface area (Å²) in [4.78, 5) is 14.1. The molecule has 1 saturated carbocycles. The summed E-state index contributed by atoms with van der Waals surface area (Å²) in [5, 5.41) is 2.94. The Kier molecular flexibility index (Phi) is 4.08. The maximum Gasteiger partial charge on any atom is 0.255 e. The molecular weight excluding hydrogens is 243 g/mol. The molecule has 0 bridgehead atoms. The van der Waals surface area contributed by atoms with Crippen LogP contribution in [0, 0.1) is 17.7 Å². The molecule has 2 rings (SSSR count). The van der Waals surface area contributed by atoms with E-state index >= 15 is 0 Å². The van der Waals surface area contributed by atoms with Crippen molar-refractivity contribution >= 4 is 11.6 Å². The van der Waals surface area contributed by atoms with Gasteiger partial charge in [-0.1, -0.05) is 13.0 Å². The summed E-state index contributed by atoms with van der Waals surface area (Å²) in [6.07, 6.45) is 1.18. The molecule has 0 spiro atoms. The number of carbonyl (C=O) groups excluding carboxylic acids is 1. The van der Waals surface area contributed by atoms with E-state index in [1.165, 1.54) is 12.5 Å². The minimum Gasteiger partial charge on any atom is -0.382 e. The lowest BCUT2D eigenvalue weighted by Gasteiger charge is -2.19. The lowest BCUT2D eigenvalue weighted by Crippen LogP contribution is -2.30. The Hall–Kier alpha value is -1.58. The summed E-state index contributed by atoms with van der Waals surface area (Å²) in [5.74, 6) is 0.816. The molecule has 0 aromatic heterocycles. The van der Waals surface area contributed by atoms with E-state index in [1.54, 1.807) is 24.1 Å². The molecule has 19 heavy (non-hydrogen) atoms. The van der Waals surface area contributed by atoms with Gasteiger partial charge in [-0.25, -0.2) is 4.39 Å². The van der Waals surface area contributed by atoms with Crippen LogP contribution < -0.4 is 5.32 Å². The van der Waals surface area contributed by atoms with Crippen LogP contribution in [-0.2, 0) is 0 Å².